The fraction of sp³-hybridized carbons (Fsp3) is 0.556. The standard InChI is InChI=1S/C9H13FN4O3S/c1-17-8-2-3-11-9(12-8)13-4-6-14(7-5-13)18(10,15)16/h2-3H,4-7H2,1H3. The maximum absolute atomic E-state index is 12.8. The average molecular weight is 276 g/mol. The summed E-state index contributed by atoms with van der Waals surface area (Å²) in [4.78, 5) is 9.99. The molecule has 1 saturated heterocycles. The summed E-state index contributed by atoms with van der Waals surface area (Å²) >= 11 is 0. The minimum Gasteiger partial charge on any atom is -0.481 e. The van der Waals surface area contributed by atoms with E-state index in [9.17, 15) is 12.3 Å². The first-order chi connectivity index (χ1) is 8.50. The van der Waals surface area contributed by atoms with Crippen LogP contribution in [0.3, 0.4) is 0 Å². The Kier molecular flexibility index (Phi) is 3.62. The molecule has 1 aliphatic heterocycles. The van der Waals surface area contributed by atoms with Gasteiger partial charge in [0.25, 0.3) is 0 Å². The molecule has 0 unspecified atom stereocenters. The van der Waals surface area contributed by atoms with Gasteiger partial charge in [0.15, 0.2) is 0 Å². The van der Waals surface area contributed by atoms with Gasteiger partial charge in [0.2, 0.25) is 11.8 Å². The Labute approximate surface area is 105 Å². The van der Waals surface area contributed by atoms with Crippen LogP contribution in [-0.4, -0.2) is 56.0 Å². The molecule has 1 fully saturated rings. The van der Waals surface area contributed by atoms with Gasteiger partial charge in [0.05, 0.1) is 7.11 Å². The van der Waals surface area contributed by atoms with Crippen LogP contribution in [0.25, 0.3) is 0 Å². The number of halogens is 1. The van der Waals surface area contributed by atoms with Crippen molar-refractivity contribution in [1.82, 2.24) is 14.3 Å². The second-order valence-electron chi connectivity index (χ2n) is 3.73. The van der Waals surface area contributed by atoms with Crippen molar-refractivity contribution < 1.29 is 17.0 Å². The molecule has 0 atom stereocenters. The van der Waals surface area contributed by atoms with Crippen LogP contribution in [0.15, 0.2) is 12.3 Å². The fourth-order valence-corrected chi connectivity index (χ4v) is 2.30. The predicted octanol–water partition coefficient (Wildman–Crippen LogP) is -0.179. The van der Waals surface area contributed by atoms with Crippen LogP contribution in [0.2, 0.25) is 0 Å². The number of piperazine rings is 1. The summed E-state index contributed by atoms with van der Waals surface area (Å²) in [6.07, 6.45) is 1.55. The fourth-order valence-electron chi connectivity index (χ4n) is 1.70. The van der Waals surface area contributed by atoms with Crippen molar-refractivity contribution in [2.45, 2.75) is 0 Å². The Morgan fingerprint density at radius 3 is 2.56 bits per heavy atom. The van der Waals surface area contributed by atoms with Gasteiger partial charge in [-0.05, 0) is 0 Å². The Morgan fingerprint density at radius 1 is 1.33 bits per heavy atom. The molecule has 1 aliphatic rings. The third kappa shape index (κ3) is 2.85. The zero-order chi connectivity index (χ0) is 13.2. The topological polar surface area (TPSA) is 75.6 Å². The molecule has 18 heavy (non-hydrogen) atoms. The number of methoxy groups -OCH3 is 1. The van der Waals surface area contributed by atoms with E-state index in [1.54, 1.807) is 17.2 Å². The molecule has 7 nitrogen and oxygen atoms in total. The van der Waals surface area contributed by atoms with Crippen LogP contribution in [-0.2, 0) is 10.4 Å². The predicted molar refractivity (Wildman–Crippen MR) is 62.4 cm³/mol. The molecule has 1 aromatic rings. The number of anilines is 1. The lowest BCUT2D eigenvalue weighted by atomic mass is 10.4. The molecule has 0 amide bonds. The summed E-state index contributed by atoms with van der Waals surface area (Å²) in [5, 5.41) is 0. The summed E-state index contributed by atoms with van der Waals surface area (Å²) in [5.41, 5.74) is 0. The van der Waals surface area contributed by atoms with E-state index in [1.165, 1.54) is 7.11 Å². The SMILES string of the molecule is COc1ccnc(N2CCN(S(=O)(=O)F)CC2)n1. The molecular weight excluding hydrogens is 263 g/mol. The molecule has 0 bridgehead atoms. The molecule has 0 radical (unpaired) electrons. The second-order valence-corrected chi connectivity index (χ2v) is 5.07. The third-order valence-electron chi connectivity index (χ3n) is 2.66. The zero-order valence-corrected chi connectivity index (χ0v) is 10.6. The molecule has 100 valence electrons. The summed E-state index contributed by atoms with van der Waals surface area (Å²) in [6.45, 7) is 0.853. The lowest BCUT2D eigenvalue weighted by molar-refractivity contribution is 0.359. The van der Waals surface area contributed by atoms with Crippen LogP contribution < -0.4 is 9.64 Å². The first kappa shape index (κ1) is 13.0. The van der Waals surface area contributed by atoms with E-state index in [0.717, 1.165) is 4.31 Å². The Balaban J connectivity index is 2.05. The number of rotatable bonds is 3. The Hall–Kier alpha value is -1.48. The van der Waals surface area contributed by atoms with Crippen molar-refractivity contribution in [1.29, 1.82) is 0 Å². The quantitative estimate of drug-likeness (QED) is 0.713. The van der Waals surface area contributed by atoms with E-state index in [0.29, 0.717) is 24.9 Å². The van der Waals surface area contributed by atoms with Crippen molar-refractivity contribution in [2.75, 3.05) is 38.2 Å². The highest BCUT2D eigenvalue weighted by atomic mass is 32.3. The molecule has 0 aliphatic carbocycles. The lowest BCUT2D eigenvalue weighted by Gasteiger charge is -2.31. The number of ether oxygens (including phenoxy) is 1. The van der Waals surface area contributed by atoms with Gasteiger partial charge in [0, 0.05) is 38.4 Å². The molecule has 2 rings (SSSR count). The summed E-state index contributed by atoms with van der Waals surface area (Å²) in [5.74, 6) is 0.880. The summed E-state index contributed by atoms with van der Waals surface area (Å²) in [7, 11) is -3.10. The van der Waals surface area contributed by atoms with E-state index in [4.69, 9.17) is 4.74 Å². The molecular formula is C9H13FN4O3S. The number of hydrogen-bond acceptors (Lipinski definition) is 6. The van der Waals surface area contributed by atoms with Gasteiger partial charge in [-0.15, -0.1) is 0 Å². The zero-order valence-electron chi connectivity index (χ0n) is 9.78. The molecule has 0 N–H and O–H groups in total. The van der Waals surface area contributed by atoms with E-state index < -0.39 is 10.4 Å². The maximum atomic E-state index is 12.8. The van der Waals surface area contributed by atoms with Crippen molar-refractivity contribution >= 4 is 16.4 Å². The van der Waals surface area contributed by atoms with Crippen LogP contribution in [0, 0.1) is 0 Å². The minimum absolute atomic E-state index is 0.0827. The Bertz CT molecular complexity index is 516. The molecule has 9 heteroatoms. The smallest absolute Gasteiger partial charge is 0.374 e. The van der Waals surface area contributed by atoms with Crippen molar-refractivity contribution in [3.63, 3.8) is 0 Å². The highest BCUT2D eigenvalue weighted by Gasteiger charge is 2.27. The van der Waals surface area contributed by atoms with E-state index in [2.05, 4.69) is 9.97 Å². The number of aromatic nitrogens is 2. The van der Waals surface area contributed by atoms with Gasteiger partial charge < -0.3 is 9.64 Å². The average Bonchev–Trinajstić information content (AvgIpc) is 2.38. The van der Waals surface area contributed by atoms with Crippen molar-refractivity contribution in [2.24, 2.45) is 0 Å². The highest BCUT2D eigenvalue weighted by molar-refractivity contribution is 7.83. The van der Waals surface area contributed by atoms with Gasteiger partial charge in [0.1, 0.15) is 0 Å². The number of nitrogens with zero attached hydrogens (tertiary/aromatic N) is 4. The van der Waals surface area contributed by atoms with Gasteiger partial charge in [-0.2, -0.15) is 17.7 Å². The van der Waals surface area contributed by atoms with Crippen molar-refractivity contribution in [3.8, 4) is 5.88 Å². The molecule has 0 saturated carbocycles. The van der Waals surface area contributed by atoms with E-state index >= 15 is 0 Å². The van der Waals surface area contributed by atoms with Crippen LogP contribution >= 0.6 is 0 Å². The molecule has 2 heterocycles. The minimum atomic E-state index is -4.60. The van der Waals surface area contributed by atoms with Gasteiger partial charge in [-0.3, -0.25) is 0 Å². The molecule has 0 aromatic carbocycles. The second kappa shape index (κ2) is 5.02. The highest BCUT2D eigenvalue weighted by Crippen LogP contribution is 2.16. The Morgan fingerprint density at radius 2 is 2.00 bits per heavy atom. The van der Waals surface area contributed by atoms with Gasteiger partial charge in [-0.1, -0.05) is 3.89 Å². The van der Waals surface area contributed by atoms with E-state index in [-0.39, 0.29) is 13.1 Å². The monoisotopic (exact) mass is 276 g/mol. The largest absolute Gasteiger partial charge is 0.481 e. The maximum Gasteiger partial charge on any atom is 0.374 e. The molecule has 1 aromatic heterocycles. The van der Waals surface area contributed by atoms with Gasteiger partial charge in [-0.25, -0.2) is 4.98 Å². The van der Waals surface area contributed by atoms with Crippen LogP contribution in [0.4, 0.5) is 9.83 Å². The normalized spacial score (nSPS) is 17.8. The summed E-state index contributed by atoms with van der Waals surface area (Å²) in [6, 6.07) is 1.62. The first-order valence-corrected chi connectivity index (χ1v) is 6.66. The van der Waals surface area contributed by atoms with Crippen LogP contribution in [0.1, 0.15) is 0 Å². The van der Waals surface area contributed by atoms with Crippen molar-refractivity contribution in [3.05, 3.63) is 12.3 Å². The lowest BCUT2D eigenvalue weighted by Crippen LogP contribution is -2.48. The van der Waals surface area contributed by atoms with E-state index in [1.807, 2.05) is 0 Å². The summed E-state index contributed by atoms with van der Waals surface area (Å²) < 4.78 is 40.0. The van der Waals surface area contributed by atoms with Crippen LogP contribution in [0.5, 0.6) is 5.88 Å². The number of hydrogen-bond donors (Lipinski definition) is 0. The molecule has 0 spiro atoms. The third-order valence-corrected chi connectivity index (χ3v) is 3.64. The first-order valence-electron chi connectivity index (χ1n) is 5.32. The van der Waals surface area contributed by atoms with Gasteiger partial charge >= 0.3 is 10.4 Å².